The second kappa shape index (κ2) is 6.85. The van der Waals surface area contributed by atoms with Gasteiger partial charge in [-0.25, -0.2) is 4.39 Å². The van der Waals surface area contributed by atoms with Crippen molar-refractivity contribution in [1.29, 1.82) is 0 Å². The molecule has 0 aliphatic heterocycles. The highest BCUT2D eigenvalue weighted by Gasteiger charge is 2.02. The molecule has 1 unspecified atom stereocenters. The van der Waals surface area contributed by atoms with Crippen molar-refractivity contribution in [2.45, 2.75) is 19.4 Å². The van der Waals surface area contributed by atoms with E-state index in [0.29, 0.717) is 6.04 Å². The van der Waals surface area contributed by atoms with Gasteiger partial charge in [-0.3, -0.25) is 0 Å². The Bertz CT molecular complexity index is 291. The van der Waals surface area contributed by atoms with Gasteiger partial charge in [-0.1, -0.05) is 12.1 Å². The molecule has 1 rings (SSSR count). The first-order valence-electron chi connectivity index (χ1n) is 5.19. The van der Waals surface area contributed by atoms with Crippen LogP contribution in [0.5, 0.6) is 0 Å². The molecule has 0 amide bonds. The molecule has 0 aliphatic rings. The predicted octanol–water partition coefficient (Wildman–Crippen LogP) is 2.71. The van der Waals surface area contributed by atoms with E-state index in [1.54, 1.807) is 12.1 Å². The van der Waals surface area contributed by atoms with Gasteiger partial charge in [0.25, 0.3) is 0 Å². The van der Waals surface area contributed by atoms with Gasteiger partial charge in [-0.15, -0.1) is 0 Å². The summed E-state index contributed by atoms with van der Waals surface area (Å²) in [7, 11) is 0. The lowest BCUT2D eigenvalue weighted by molar-refractivity contribution is 0.564. The van der Waals surface area contributed by atoms with Gasteiger partial charge >= 0.3 is 0 Å². The molecular weight excluding hydrogens is 209 g/mol. The Morgan fingerprint density at radius 3 is 2.93 bits per heavy atom. The predicted molar refractivity (Wildman–Crippen MR) is 66.0 cm³/mol. The van der Waals surface area contributed by atoms with E-state index in [2.05, 4.69) is 18.5 Å². The fourth-order valence-corrected chi connectivity index (χ4v) is 1.82. The maximum Gasteiger partial charge on any atom is 0.123 e. The Balaban J connectivity index is 2.34. The second-order valence-corrected chi connectivity index (χ2v) is 4.67. The van der Waals surface area contributed by atoms with Crippen LogP contribution in [0.4, 0.5) is 4.39 Å². The summed E-state index contributed by atoms with van der Waals surface area (Å²) < 4.78 is 12.9. The average molecular weight is 227 g/mol. The fourth-order valence-electron chi connectivity index (χ4n) is 1.50. The van der Waals surface area contributed by atoms with E-state index < -0.39 is 0 Å². The van der Waals surface area contributed by atoms with Crippen LogP contribution in [-0.4, -0.2) is 24.6 Å². The SMILES string of the molecule is CSCCNC(C)Cc1cccc(F)c1. The number of hydrogen-bond acceptors (Lipinski definition) is 2. The van der Waals surface area contributed by atoms with E-state index in [9.17, 15) is 4.39 Å². The van der Waals surface area contributed by atoms with Crippen LogP contribution in [0.25, 0.3) is 0 Å². The molecule has 1 aromatic carbocycles. The molecule has 0 spiro atoms. The first-order chi connectivity index (χ1) is 7.22. The highest BCUT2D eigenvalue weighted by atomic mass is 32.2. The van der Waals surface area contributed by atoms with Gasteiger partial charge in [0, 0.05) is 18.3 Å². The molecule has 1 aromatic rings. The molecule has 0 aliphatic carbocycles. The largest absolute Gasteiger partial charge is 0.313 e. The van der Waals surface area contributed by atoms with E-state index in [1.165, 1.54) is 6.07 Å². The van der Waals surface area contributed by atoms with E-state index >= 15 is 0 Å². The lowest BCUT2D eigenvalue weighted by Crippen LogP contribution is -2.30. The lowest BCUT2D eigenvalue weighted by Gasteiger charge is -2.13. The number of nitrogens with one attached hydrogen (secondary N) is 1. The standard InChI is InChI=1S/C12H18FNS/c1-10(14-6-7-15-2)8-11-4-3-5-12(13)9-11/h3-5,9-10,14H,6-8H2,1-2H3. The summed E-state index contributed by atoms with van der Waals surface area (Å²) in [5.41, 5.74) is 1.05. The Kier molecular flexibility index (Phi) is 5.73. The maximum absolute atomic E-state index is 12.9. The van der Waals surface area contributed by atoms with Crippen LogP contribution < -0.4 is 5.32 Å². The van der Waals surface area contributed by atoms with Gasteiger partial charge in [0.1, 0.15) is 5.82 Å². The molecule has 15 heavy (non-hydrogen) atoms. The topological polar surface area (TPSA) is 12.0 Å². The summed E-state index contributed by atoms with van der Waals surface area (Å²) >= 11 is 1.83. The Morgan fingerprint density at radius 1 is 1.47 bits per heavy atom. The van der Waals surface area contributed by atoms with Crippen LogP contribution in [0.2, 0.25) is 0 Å². The number of halogens is 1. The summed E-state index contributed by atoms with van der Waals surface area (Å²) in [5.74, 6) is 0.969. The normalized spacial score (nSPS) is 12.7. The van der Waals surface area contributed by atoms with Gasteiger partial charge in [-0.05, 0) is 37.3 Å². The minimum absolute atomic E-state index is 0.149. The van der Waals surface area contributed by atoms with Crippen LogP contribution in [0.3, 0.4) is 0 Å². The summed E-state index contributed by atoms with van der Waals surface area (Å²) in [6, 6.07) is 7.22. The van der Waals surface area contributed by atoms with Crippen LogP contribution in [0, 0.1) is 5.82 Å². The summed E-state index contributed by atoms with van der Waals surface area (Å²) in [4.78, 5) is 0. The highest BCUT2D eigenvalue weighted by molar-refractivity contribution is 7.98. The monoisotopic (exact) mass is 227 g/mol. The molecule has 1 atom stereocenters. The number of thioether (sulfide) groups is 1. The van der Waals surface area contributed by atoms with E-state index in [0.717, 1.165) is 24.3 Å². The minimum atomic E-state index is -0.149. The van der Waals surface area contributed by atoms with E-state index in [4.69, 9.17) is 0 Å². The van der Waals surface area contributed by atoms with E-state index in [-0.39, 0.29) is 5.82 Å². The number of hydrogen-bond donors (Lipinski definition) is 1. The first kappa shape index (κ1) is 12.5. The molecule has 0 aromatic heterocycles. The zero-order valence-corrected chi connectivity index (χ0v) is 10.1. The van der Waals surface area contributed by atoms with Crippen LogP contribution >= 0.6 is 11.8 Å². The first-order valence-corrected chi connectivity index (χ1v) is 6.58. The molecule has 0 saturated heterocycles. The molecule has 1 nitrogen and oxygen atoms in total. The van der Waals surface area contributed by atoms with Crippen molar-refractivity contribution >= 4 is 11.8 Å². The van der Waals surface area contributed by atoms with Gasteiger partial charge in [0.05, 0.1) is 0 Å². The molecule has 0 fully saturated rings. The third-order valence-corrected chi connectivity index (χ3v) is 2.84. The number of rotatable bonds is 6. The van der Waals surface area contributed by atoms with Crippen molar-refractivity contribution in [3.63, 3.8) is 0 Å². The fraction of sp³-hybridized carbons (Fsp3) is 0.500. The molecule has 0 bridgehead atoms. The summed E-state index contributed by atoms with van der Waals surface area (Å²) in [5, 5.41) is 3.41. The molecule has 84 valence electrons. The minimum Gasteiger partial charge on any atom is -0.313 e. The zero-order chi connectivity index (χ0) is 11.1. The molecule has 0 saturated carbocycles. The molecule has 0 heterocycles. The van der Waals surface area contributed by atoms with Crippen LogP contribution in [0.1, 0.15) is 12.5 Å². The van der Waals surface area contributed by atoms with Crippen molar-refractivity contribution < 1.29 is 4.39 Å². The van der Waals surface area contributed by atoms with Crippen molar-refractivity contribution in [2.24, 2.45) is 0 Å². The average Bonchev–Trinajstić information content (AvgIpc) is 2.18. The summed E-state index contributed by atoms with van der Waals surface area (Å²) in [6.45, 7) is 3.14. The number of benzene rings is 1. The zero-order valence-electron chi connectivity index (χ0n) is 9.29. The molecule has 1 N–H and O–H groups in total. The highest BCUT2D eigenvalue weighted by Crippen LogP contribution is 2.06. The van der Waals surface area contributed by atoms with E-state index in [1.807, 2.05) is 17.8 Å². The molecular formula is C12H18FNS. The summed E-state index contributed by atoms with van der Waals surface area (Å²) in [6.07, 6.45) is 2.98. The van der Waals surface area contributed by atoms with Gasteiger partial charge in [-0.2, -0.15) is 11.8 Å². The Morgan fingerprint density at radius 2 is 2.27 bits per heavy atom. The van der Waals surface area contributed by atoms with Gasteiger partial charge in [0.2, 0.25) is 0 Å². The Labute approximate surface area is 95.5 Å². The lowest BCUT2D eigenvalue weighted by atomic mass is 10.1. The second-order valence-electron chi connectivity index (χ2n) is 3.68. The van der Waals surface area contributed by atoms with Crippen molar-refractivity contribution in [1.82, 2.24) is 5.32 Å². The molecule has 0 radical (unpaired) electrons. The van der Waals surface area contributed by atoms with Gasteiger partial charge in [0.15, 0.2) is 0 Å². The third-order valence-electron chi connectivity index (χ3n) is 2.23. The maximum atomic E-state index is 12.9. The quantitative estimate of drug-likeness (QED) is 0.750. The van der Waals surface area contributed by atoms with Crippen LogP contribution in [0.15, 0.2) is 24.3 Å². The Hall–Kier alpha value is -0.540. The van der Waals surface area contributed by atoms with Crippen molar-refractivity contribution in [3.05, 3.63) is 35.6 Å². The molecule has 3 heteroatoms. The smallest absolute Gasteiger partial charge is 0.123 e. The van der Waals surface area contributed by atoms with Gasteiger partial charge < -0.3 is 5.32 Å². The van der Waals surface area contributed by atoms with Crippen LogP contribution in [-0.2, 0) is 6.42 Å². The third kappa shape index (κ3) is 5.19. The van der Waals surface area contributed by atoms with Crippen molar-refractivity contribution in [3.8, 4) is 0 Å². The van der Waals surface area contributed by atoms with Crippen molar-refractivity contribution in [2.75, 3.05) is 18.6 Å².